The summed E-state index contributed by atoms with van der Waals surface area (Å²) in [5.41, 5.74) is 0.428. The number of non-ortho nitro benzene ring substituents is 1. The van der Waals surface area contributed by atoms with Crippen molar-refractivity contribution in [3.63, 3.8) is 0 Å². The van der Waals surface area contributed by atoms with Crippen molar-refractivity contribution in [2.24, 2.45) is 0 Å². The van der Waals surface area contributed by atoms with Crippen LogP contribution in [-0.2, 0) is 19.1 Å². The van der Waals surface area contributed by atoms with Crippen LogP contribution in [-0.4, -0.2) is 31.1 Å². The van der Waals surface area contributed by atoms with E-state index < -0.39 is 22.8 Å². The number of rotatable bonds is 6. The number of hydrogen-bond donors (Lipinski definition) is 0. The number of methoxy groups -OCH3 is 2. The fraction of sp³-hybridized carbons (Fsp3) is 0.385. The Hall–Kier alpha value is -2.44. The van der Waals surface area contributed by atoms with Gasteiger partial charge in [-0.05, 0) is 5.56 Å². The van der Waals surface area contributed by atoms with Crippen molar-refractivity contribution in [3.05, 3.63) is 39.9 Å². The van der Waals surface area contributed by atoms with E-state index in [4.69, 9.17) is 0 Å². The largest absolute Gasteiger partial charge is 0.469 e. The molecule has 7 nitrogen and oxygen atoms in total. The van der Waals surface area contributed by atoms with Crippen LogP contribution in [0.5, 0.6) is 0 Å². The van der Waals surface area contributed by atoms with Crippen molar-refractivity contribution < 1.29 is 24.0 Å². The van der Waals surface area contributed by atoms with E-state index in [9.17, 15) is 19.7 Å². The molecule has 0 saturated carbocycles. The van der Waals surface area contributed by atoms with E-state index in [0.717, 1.165) is 0 Å². The first-order valence-corrected chi connectivity index (χ1v) is 5.86. The van der Waals surface area contributed by atoms with Crippen molar-refractivity contribution in [1.29, 1.82) is 0 Å². The lowest BCUT2D eigenvalue weighted by Gasteiger charge is -2.14. The molecule has 0 spiro atoms. The molecule has 0 fully saturated rings. The van der Waals surface area contributed by atoms with Gasteiger partial charge in [0.15, 0.2) is 0 Å². The molecule has 0 aliphatic carbocycles. The molecular formula is C13H15NO6. The zero-order valence-electron chi connectivity index (χ0n) is 11.2. The molecule has 0 radical (unpaired) electrons. The average molecular weight is 281 g/mol. The lowest BCUT2D eigenvalue weighted by molar-refractivity contribution is -0.384. The molecule has 0 aromatic heterocycles. The topological polar surface area (TPSA) is 95.7 Å². The normalized spacial score (nSPS) is 10.2. The van der Waals surface area contributed by atoms with Gasteiger partial charge in [0, 0.05) is 18.1 Å². The van der Waals surface area contributed by atoms with E-state index in [0.29, 0.717) is 5.56 Å². The number of carbonyl (C=O) groups is 2. The van der Waals surface area contributed by atoms with E-state index in [1.165, 1.54) is 32.4 Å². The van der Waals surface area contributed by atoms with Gasteiger partial charge in [0.05, 0.1) is 32.0 Å². The van der Waals surface area contributed by atoms with Crippen molar-refractivity contribution in [3.8, 4) is 0 Å². The summed E-state index contributed by atoms with van der Waals surface area (Å²) < 4.78 is 9.14. The second kappa shape index (κ2) is 7.22. The summed E-state index contributed by atoms with van der Waals surface area (Å²) in [4.78, 5) is 33.0. The van der Waals surface area contributed by atoms with Gasteiger partial charge in [0.25, 0.3) is 5.69 Å². The van der Waals surface area contributed by atoms with Gasteiger partial charge in [-0.2, -0.15) is 0 Å². The molecule has 1 aromatic carbocycles. The zero-order valence-corrected chi connectivity index (χ0v) is 11.2. The SMILES string of the molecule is COC(=O)CC(CC(=O)OC)c1cccc([N+](=O)[O-])c1. The molecule has 0 atom stereocenters. The first kappa shape index (κ1) is 15.6. The van der Waals surface area contributed by atoms with Gasteiger partial charge in [-0.25, -0.2) is 0 Å². The standard InChI is InChI=1S/C13H15NO6/c1-19-12(15)7-10(8-13(16)20-2)9-4-3-5-11(6-9)14(17)18/h3-6,10H,7-8H2,1-2H3. The molecule has 0 saturated heterocycles. The molecule has 0 unspecified atom stereocenters. The summed E-state index contributed by atoms with van der Waals surface area (Å²) >= 11 is 0. The van der Waals surface area contributed by atoms with E-state index in [1.807, 2.05) is 0 Å². The van der Waals surface area contributed by atoms with Crippen LogP contribution in [0.2, 0.25) is 0 Å². The summed E-state index contributed by atoms with van der Waals surface area (Å²) in [5, 5.41) is 10.8. The third-order valence-corrected chi connectivity index (χ3v) is 2.83. The molecule has 0 aliphatic rings. The Morgan fingerprint density at radius 3 is 2.20 bits per heavy atom. The smallest absolute Gasteiger partial charge is 0.306 e. The molecule has 0 heterocycles. The van der Waals surface area contributed by atoms with E-state index in [2.05, 4.69) is 9.47 Å². The minimum absolute atomic E-state index is 0.0488. The Bertz CT molecular complexity index is 495. The second-order valence-electron chi connectivity index (χ2n) is 4.11. The highest BCUT2D eigenvalue weighted by molar-refractivity contribution is 5.74. The maximum Gasteiger partial charge on any atom is 0.306 e. The van der Waals surface area contributed by atoms with Crippen LogP contribution in [0.4, 0.5) is 5.69 Å². The third-order valence-electron chi connectivity index (χ3n) is 2.83. The van der Waals surface area contributed by atoms with E-state index in [-0.39, 0.29) is 18.5 Å². The number of hydrogen-bond acceptors (Lipinski definition) is 6. The maximum absolute atomic E-state index is 11.4. The molecule has 20 heavy (non-hydrogen) atoms. The first-order chi connectivity index (χ1) is 9.47. The summed E-state index contributed by atoms with van der Waals surface area (Å²) in [6.07, 6.45) is -0.0977. The Labute approximate surface area is 115 Å². The maximum atomic E-state index is 11.4. The number of nitrogens with zero attached hydrogens (tertiary/aromatic N) is 1. The lowest BCUT2D eigenvalue weighted by atomic mass is 9.92. The molecule has 1 rings (SSSR count). The Morgan fingerprint density at radius 1 is 1.20 bits per heavy atom. The van der Waals surface area contributed by atoms with Gasteiger partial charge in [0.1, 0.15) is 0 Å². The van der Waals surface area contributed by atoms with Crippen LogP contribution >= 0.6 is 0 Å². The van der Waals surface area contributed by atoms with E-state index >= 15 is 0 Å². The molecule has 0 N–H and O–H groups in total. The summed E-state index contributed by atoms with van der Waals surface area (Å²) in [5.74, 6) is -1.51. The monoisotopic (exact) mass is 281 g/mol. The Balaban J connectivity index is 3.02. The summed E-state index contributed by atoms with van der Waals surface area (Å²) in [6.45, 7) is 0. The molecule has 0 aliphatic heterocycles. The predicted molar refractivity (Wildman–Crippen MR) is 69.1 cm³/mol. The molecule has 1 aromatic rings. The fourth-order valence-electron chi connectivity index (χ4n) is 1.77. The number of benzene rings is 1. The van der Waals surface area contributed by atoms with Gasteiger partial charge >= 0.3 is 11.9 Å². The number of nitro groups is 1. The Morgan fingerprint density at radius 2 is 1.75 bits per heavy atom. The van der Waals surface area contributed by atoms with Gasteiger partial charge < -0.3 is 9.47 Å². The molecule has 108 valence electrons. The van der Waals surface area contributed by atoms with Crippen molar-refractivity contribution in [2.75, 3.05) is 14.2 Å². The number of carbonyl (C=O) groups excluding carboxylic acids is 2. The fourth-order valence-corrected chi connectivity index (χ4v) is 1.77. The van der Waals surface area contributed by atoms with Crippen LogP contribution in [0.25, 0.3) is 0 Å². The number of esters is 2. The summed E-state index contributed by atoms with van der Waals surface area (Å²) in [6, 6.07) is 5.83. The zero-order chi connectivity index (χ0) is 15.1. The number of nitro benzene ring substituents is 1. The first-order valence-electron chi connectivity index (χ1n) is 5.86. The highest BCUT2D eigenvalue weighted by Crippen LogP contribution is 2.27. The molecular weight excluding hydrogens is 266 g/mol. The Kier molecular flexibility index (Phi) is 5.64. The van der Waals surface area contributed by atoms with Crippen LogP contribution in [0.3, 0.4) is 0 Å². The van der Waals surface area contributed by atoms with Crippen LogP contribution in [0.1, 0.15) is 24.3 Å². The van der Waals surface area contributed by atoms with Crippen LogP contribution < -0.4 is 0 Å². The van der Waals surface area contributed by atoms with Gasteiger partial charge in [-0.3, -0.25) is 19.7 Å². The van der Waals surface area contributed by atoms with Crippen LogP contribution in [0, 0.1) is 10.1 Å². The molecule has 7 heteroatoms. The van der Waals surface area contributed by atoms with Crippen molar-refractivity contribution in [2.45, 2.75) is 18.8 Å². The highest BCUT2D eigenvalue weighted by Gasteiger charge is 2.22. The van der Waals surface area contributed by atoms with Crippen molar-refractivity contribution in [1.82, 2.24) is 0 Å². The molecule has 0 amide bonds. The summed E-state index contributed by atoms with van der Waals surface area (Å²) in [7, 11) is 2.48. The van der Waals surface area contributed by atoms with E-state index in [1.54, 1.807) is 6.07 Å². The quantitative estimate of drug-likeness (QED) is 0.448. The lowest BCUT2D eigenvalue weighted by Crippen LogP contribution is -2.14. The number of ether oxygens (including phenoxy) is 2. The minimum Gasteiger partial charge on any atom is -0.469 e. The molecule has 0 bridgehead atoms. The van der Waals surface area contributed by atoms with Crippen LogP contribution in [0.15, 0.2) is 24.3 Å². The van der Waals surface area contributed by atoms with Gasteiger partial charge in [-0.15, -0.1) is 0 Å². The van der Waals surface area contributed by atoms with Gasteiger partial charge in [-0.1, -0.05) is 12.1 Å². The minimum atomic E-state index is -0.531. The predicted octanol–water partition coefficient (Wildman–Crippen LogP) is 1.80. The average Bonchev–Trinajstić information content (AvgIpc) is 2.46. The van der Waals surface area contributed by atoms with Crippen molar-refractivity contribution >= 4 is 17.6 Å². The highest BCUT2D eigenvalue weighted by atomic mass is 16.6. The van der Waals surface area contributed by atoms with Gasteiger partial charge in [0.2, 0.25) is 0 Å². The third kappa shape index (κ3) is 4.34. The second-order valence-corrected chi connectivity index (χ2v) is 4.11.